The summed E-state index contributed by atoms with van der Waals surface area (Å²) in [4.78, 5) is 22.8. The molecule has 1 amide bonds. The lowest BCUT2D eigenvalue weighted by atomic mass is 10.1. The van der Waals surface area contributed by atoms with E-state index in [2.05, 4.69) is 5.32 Å². The third-order valence-electron chi connectivity index (χ3n) is 3.52. The number of non-ortho nitro benzene ring substituents is 1. The predicted molar refractivity (Wildman–Crippen MR) is 89.5 cm³/mol. The number of methoxy groups -OCH3 is 2. The van der Waals surface area contributed by atoms with E-state index in [4.69, 9.17) is 9.47 Å². The first-order chi connectivity index (χ1) is 11.5. The number of nitrogens with zero attached hydrogens (tertiary/aromatic N) is 1. The van der Waals surface area contributed by atoms with Crippen LogP contribution in [0.5, 0.6) is 5.75 Å². The van der Waals surface area contributed by atoms with Crippen LogP contribution in [-0.4, -0.2) is 25.1 Å². The molecule has 0 saturated carbocycles. The minimum Gasteiger partial charge on any atom is -0.496 e. The first-order valence-electron chi connectivity index (χ1n) is 7.18. The van der Waals surface area contributed by atoms with Gasteiger partial charge in [-0.3, -0.25) is 14.9 Å². The molecule has 0 spiro atoms. The smallest absolute Gasteiger partial charge is 0.271 e. The van der Waals surface area contributed by atoms with Crippen LogP contribution in [0, 0.1) is 17.0 Å². The zero-order valence-corrected chi connectivity index (χ0v) is 13.7. The lowest BCUT2D eigenvalue weighted by molar-refractivity contribution is -0.384. The average molecular weight is 330 g/mol. The second-order valence-electron chi connectivity index (χ2n) is 5.17. The van der Waals surface area contributed by atoms with Gasteiger partial charge in [-0.2, -0.15) is 0 Å². The topological polar surface area (TPSA) is 90.7 Å². The van der Waals surface area contributed by atoms with E-state index in [-0.39, 0.29) is 11.6 Å². The summed E-state index contributed by atoms with van der Waals surface area (Å²) >= 11 is 0. The SMILES string of the molecule is COCc1cc(C(=O)Nc2cc([N+](=O)[O-])ccc2C)ccc1OC. The van der Waals surface area contributed by atoms with Crippen molar-refractivity contribution in [1.82, 2.24) is 0 Å². The number of nitro groups is 1. The number of amides is 1. The highest BCUT2D eigenvalue weighted by atomic mass is 16.6. The van der Waals surface area contributed by atoms with E-state index in [0.717, 1.165) is 11.1 Å². The Kier molecular flexibility index (Phi) is 5.49. The largest absolute Gasteiger partial charge is 0.496 e. The molecule has 0 aliphatic rings. The fraction of sp³-hybridized carbons (Fsp3) is 0.235. The molecule has 2 rings (SSSR count). The maximum Gasteiger partial charge on any atom is 0.271 e. The van der Waals surface area contributed by atoms with Gasteiger partial charge in [0.1, 0.15) is 5.75 Å². The Morgan fingerprint density at radius 3 is 2.58 bits per heavy atom. The second kappa shape index (κ2) is 7.56. The van der Waals surface area contributed by atoms with Crippen LogP contribution in [0.25, 0.3) is 0 Å². The molecule has 126 valence electrons. The summed E-state index contributed by atoms with van der Waals surface area (Å²) in [6.45, 7) is 2.07. The lowest BCUT2D eigenvalue weighted by Gasteiger charge is -2.11. The number of carbonyl (C=O) groups excluding carboxylic acids is 1. The number of hydrogen-bond donors (Lipinski definition) is 1. The first kappa shape index (κ1) is 17.4. The fourth-order valence-corrected chi connectivity index (χ4v) is 2.24. The average Bonchev–Trinajstić information content (AvgIpc) is 2.56. The van der Waals surface area contributed by atoms with Crippen LogP contribution in [0.3, 0.4) is 0 Å². The number of aryl methyl sites for hydroxylation is 1. The molecule has 0 saturated heterocycles. The number of ether oxygens (including phenoxy) is 2. The van der Waals surface area contributed by atoms with E-state index in [1.807, 2.05) is 0 Å². The van der Waals surface area contributed by atoms with Crippen molar-refractivity contribution in [2.45, 2.75) is 13.5 Å². The highest BCUT2D eigenvalue weighted by molar-refractivity contribution is 6.05. The van der Waals surface area contributed by atoms with Gasteiger partial charge in [0.25, 0.3) is 11.6 Å². The van der Waals surface area contributed by atoms with Crippen molar-refractivity contribution in [1.29, 1.82) is 0 Å². The zero-order chi connectivity index (χ0) is 17.7. The molecule has 0 radical (unpaired) electrons. The van der Waals surface area contributed by atoms with Gasteiger partial charge in [0.05, 0.1) is 24.3 Å². The van der Waals surface area contributed by atoms with E-state index in [1.54, 1.807) is 45.4 Å². The molecule has 0 atom stereocenters. The molecule has 7 heteroatoms. The highest BCUT2D eigenvalue weighted by Gasteiger charge is 2.14. The summed E-state index contributed by atoms with van der Waals surface area (Å²) < 4.78 is 10.3. The Bertz CT molecular complexity index is 774. The number of hydrogen-bond acceptors (Lipinski definition) is 5. The van der Waals surface area contributed by atoms with Crippen LogP contribution in [0.4, 0.5) is 11.4 Å². The van der Waals surface area contributed by atoms with Crippen molar-refractivity contribution in [3.63, 3.8) is 0 Å². The van der Waals surface area contributed by atoms with Gasteiger partial charge in [-0.25, -0.2) is 0 Å². The Morgan fingerprint density at radius 1 is 1.21 bits per heavy atom. The molecular formula is C17H18N2O5. The van der Waals surface area contributed by atoms with Crippen molar-refractivity contribution in [3.05, 3.63) is 63.2 Å². The third-order valence-corrected chi connectivity index (χ3v) is 3.52. The van der Waals surface area contributed by atoms with Gasteiger partial charge < -0.3 is 14.8 Å². The van der Waals surface area contributed by atoms with Crippen LogP contribution >= 0.6 is 0 Å². The van der Waals surface area contributed by atoms with Gasteiger partial charge in [-0.05, 0) is 30.7 Å². The van der Waals surface area contributed by atoms with Crippen LogP contribution in [0.1, 0.15) is 21.5 Å². The van der Waals surface area contributed by atoms with Gasteiger partial charge >= 0.3 is 0 Å². The molecule has 24 heavy (non-hydrogen) atoms. The normalized spacial score (nSPS) is 10.3. The van der Waals surface area contributed by atoms with Crippen molar-refractivity contribution >= 4 is 17.3 Å². The minimum absolute atomic E-state index is 0.0781. The summed E-state index contributed by atoms with van der Waals surface area (Å²) in [5.41, 5.74) is 2.21. The number of carbonyl (C=O) groups is 1. The molecular weight excluding hydrogens is 312 g/mol. The van der Waals surface area contributed by atoms with Gasteiger partial charge in [-0.1, -0.05) is 6.07 Å². The van der Waals surface area contributed by atoms with Gasteiger partial charge in [0.15, 0.2) is 0 Å². The maximum atomic E-state index is 12.4. The molecule has 2 aromatic rings. The molecule has 0 fully saturated rings. The van der Waals surface area contributed by atoms with Crippen molar-refractivity contribution in [2.24, 2.45) is 0 Å². The van der Waals surface area contributed by atoms with Crippen LogP contribution in [-0.2, 0) is 11.3 Å². The predicted octanol–water partition coefficient (Wildman–Crippen LogP) is 3.31. The molecule has 0 bridgehead atoms. The summed E-state index contributed by atoms with van der Waals surface area (Å²) in [6.07, 6.45) is 0. The summed E-state index contributed by atoms with van der Waals surface area (Å²) in [5.74, 6) is 0.263. The number of nitro benzene ring substituents is 1. The number of anilines is 1. The molecule has 1 N–H and O–H groups in total. The lowest BCUT2D eigenvalue weighted by Crippen LogP contribution is -2.13. The molecule has 0 aliphatic heterocycles. The minimum atomic E-state index is -0.501. The molecule has 2 aromatic carbocycles. The Labute approximate surface area is 139 Å². The standard InChI is InChI=1S/C17H18N2O5/c1-11-4-6-14(19(21)22)9-15(11)18-17(20)12-5-7-16(24-3)13(8-12)10-23-2/h4-9H,10H2,1-3H3,(H,18,20). The maximum absolute atomic E-state index is 12.4. The van der Waals surface area contributed by atoms with Crippen LogP contribution < -0.4 is 10.1 Å². The van der Waals surface area contributed by atoms with Crippen molar-refractivity contribution < 1.29 is 19.2 Å². The molecule has 0 unspecified atom stereocenters. The van der Waals surface area contributed by atoms with E-state index in [0.29, 0.717) is 23.6 Å². The van der Waals surface area contributed by atoms with E-state index in [9.17, 15) is 14.9 Å². The summed E-state index contributed by atoms with van der Waals surface area (Å²) in [7, 11) is 3.10. The Morgan fingerprint density at radius 2 is 1.96 bits per heavy atom. The quantitative estimate of drug-likeness (QED) is 0.648. The van der Waals surface area contributed by atoms with Crippen LogP contribution in [0.2, 0.25) is 0 Å². The number of nitrogens with one attached hydrogen (secondary N) is 1. The van der Waals surface area contributed by atoms with Gasteiger partial charge in [0, 0.05) is 30.4 Å². The molecule has 0 heterocycles. The zero-order valence-electron chi connectivity index (χ0n) is 13.7. The van der Waals surface area contributed by atoms with Crippen molar-refractivity contribution in [3.8, 4) is 5.75 Å². The Hall–Kier alpha value is -2.93. The second-order valence-corrected chi connectivity index (χ2v) is 5.17. The van der Waals surface area contributed by atoms with Gasteiger partial charge in [-0.15, -0.1) is 0 Å². The van der Waals surface area contributed by atoms with E-state index < -0.39 is 4.92 Å². The number of benzene rings is 2. The van der Waals surface area contributed by atoms with Crippen LogP contribution in [0.15, 0.2) is 36.4 Å². The van der Waals surface area contributed by atoms with Crippen molar-refractivity contribution in [2.75, 3.05) is 19.5 Å². The molecule has 7 nitrogen and oxygen atoms in total. The Balaban J connectivity index is 2.28. The summed E-state index contributed by atoms with van der Waals surface area (Å²) in [6, 6.07) is 9.31. The van der Waals surface area contributed by atoms with E-state index >= 15 is 0 Å². The number of rotatable bonds is 6. The van der Waals surface area contributed by atoms with Gasteiger partial charge in [0.2, 0.25) is 0 Å². The highest BCUT2D eigenvalue weighted by Crippen LogP contribution is 2.24. The first-order valence-corrected chi connectivity index (χ1v) is 7.18. The monoisotopic (exact) mass is 330 g/mol. The fourth-order valence-electron chi connectivity index (χ4n) is 2.24. The molecule has 0 aromatic heterocycles. The van der Waals surface area contributed by atoms with E-state index in [1.165, 1.54) is 12.1 Å². The third kappa shape index (κ3) is 3.88. The molecule has 0 aliphatic carbocycles. The summed E-state index contributed by atoms with van der Waals surface area (Å²) in [5, 5.41) is 13.6.